The summed E-state index contributed by atoms with van der Waals surface area (Å²) in [6, 6.07) is 30.6. The molecule has 1 heterocycles. The van der Waals surface area contributed by atoms with E-state index in [0.717, 1.165) is 0 Å². The lowest BCUT2D eigenvalue weighted by Gasteiger charge is -2.36. The highest BCUT2D eigenvalue weighted by atomic mass is 28.2. The molecule has 0 atom stereocenters. The second kappa shape index (κ2) is 7.84. The molecule has 0 saturated carbocycles. The highest BCUT2D eigenvalue weighted by Crippen LogP contribution is 2.33. The van der Waals surface area contributed by atoms with E-state index in [-0.39, 0.29) is 10.6 Å². The minimum absolute atomic E-state index is 0.123. The van der Waals surface area contributed by atoms with E-state index in [1.807, 2.05) is 12.5 Å². The predicted octanol–water partition coefficient (Wildman–Crippen LogP) is 4.96. The summed E-state index contributed by atoms with van der Waals surface area (Å²) in [7, 11) is 0.514. The summed E-state index contributed by atoms with van der Waals surface area (Å²) in [6.45, 7) is 6.81. The average molecular weight is 395 g/mol. The Morgan fingerprint density at radius 3 is 1.83 bits per heavy atom. The lowest BCUT2D eigenvalue weighted by molar-refractivity contribution is 0.589. The predicted molar refractivity (Wildman–Crippen MR) is 122 cm³/mol. The normalized spacial score (nSPS) is 12.1. The molecule has 0 aliphatic heterocycles. The molecule has 0 aliphatic rings. The molecule has 2 nitrogen and oxygen atoms in total. The lowest BCUT2D eigenvalue weighted by atomic mass is 9.87. The smallest absolute Gasteiger partial charge is 0.127 e. The van der Waals surface area contributed by atoms with E-state index in [2.05, 4.69) is 121 Å². The van der Waals surface area contributed by atoms with Gasteiger partial charge in [0, 0.05) is 12.4 Å². The molecule has 0 aliphatic carbocycles. The van der Waals surface area contributed by atoms with Crippen LogP contribution < -0.4 is 5.19 Å². The Labute approximate surface area is 176 Å². The summed E-state index contributed by atoms with van der Waals surface area (Å²) in [6.07, 6.45) is 5.90. The molecule has 0 unspecified atom stereocenters. The first-order valence-corrected chi connectivity index (χ1v) is 11.0. The van der Waals surface area contributed by atoms with Crippen molar-refractivity contribution in [2.45, 2.75) is 31.3 Å². The fourth-order valence-corrected chi connectivity index (χ4v) is 5.47. The van der Waals surface area contributed by atoms with Crippen LogP contribution in [0.15, 0.2) is 104 Å². The maximum atomic E-state index is 4.40. The first kappa shape index (κ1) is 19.4. The third kappa shape index (κ3) is 3.83. The number of hydrogen-bond donors (Lipinski definition) is 0. The van der Waals surface area contributed by atoms with Crippen molar-refractivity contribution >= 4 is 14.7 Å². The molecule has 3 heteroatoms. The fraction of sp³-hybridized carbons (Fsp3) is 0.192. The van der Waals surface area contributed by atoms with Crippen LogP contribution in [0.25, 0.3) is 0 Å². The number of hydrogen-bond acceptors (Lipinski definition) is 1. The first-order valence-electron chi connectivity index (χ1n) is 9.98. The SMILES string of the molecule is CC(C)(C)c1cccc([Si]C(c2ccccc2)(c2ccccc2)n2ccnc2)c1. The van der Waals surface area contributed by atoms with E-state index >= 15 is 0 Å². The van der Waals surface area contributed by atoms with Crippen LogP contribution in [-0.2, 0) is 10.6 Å². The number of aromatic nitrogens is 2. The van der Waals surface area contributed by atoms with Gasteiger partial charge in [0.05, 0.1) is 11.5 Å². The maximum Gasteiger partial charge on any atom is 0.127 e. The monoisotopic (exact) mass is 394 g/mol. The first-order chi connectivity index (χ1) is 14.0. The number of imidazole rings is 1. The van der Waals surface area contributed by atoms with Crippen LogP contribution in [0.4, 0.5) is 0 Å². The Balaban J connectivity index is 1.94. The Kier molecular flexibility index (Phi) is 5.25. The molecule has 0 N–H and O–H groups in total. The highest BCUT2D eigenvalue weighted by Gasteiger charge is 2.37. The number of nitrogens with zero attached hydrogens (tertiary/aromatic N) is 2. The van der Waals surface area contributed by atoms with Crippen molar-refractivity contribution in [1.29, 1.82) is 0 Å². The van der Waals surface area contributed by atoms with Gasteiger partial charge in [0.25, 0.3) is 0 Å². The molecule has 2 radical (unpaired) electrons. The zero-order chi connectivity index (χ0) is 20.3. The molecule has 144 valence electrons. The van der Waals surface area contributed by atoms with Crippen molar-refractivity contribution in [3.8, 4) is 0 Å². The van der Waals surface area contributed by atoms with Crippen LogP contribution >= 0.6 is 0 Å². The van der Waals surface area contributed by atoms with Crippen LogP contribution in [-0.4, -0.2) is 19.1 Å². The van der Waals surface area contributed by atoms with E-state index in [4.69, 9.17) is 0 Å². The molecule has 0 spiro atoms. The van der Waals surface area contributed by atoms with Crippen molar-refractivity contribution in [1.82, 2.24) is 9.55 Å². The Bertz CT molecular complexity index is 1010. The average Bonchev–Trinajstić information content (AvgIpc) is 3.28. The second-order valence-electron chi connectivity index (χ2n) is 8.37. The Hall–Kier alpha value is -2.91. The van der Waals surface area contributed by atoms with Crippen LogP contribution in [0, 0.1) is 0 Å². The minimum Gasteiger partial charge on any atom is -0.326 e. The van der Waals surface area contributed by atoms with Crippen molar-refractivity contribution in [3.63, 3.8) is 0 Å². The van der Waals surface area contributed by atoms with E-state index < -0.39 is 0 Å². The van der Waals surface area contributed by atoms with Gasteiger partial charge >= 0.3 is 0 Å². The van der Waals surface area contributed by atoms with Gasteiger partial charge < -0.3 is 4.57 Å². The molecule has 0 amide bonds. The third-order valence-electron chi connectivity index (χ3n) is 5.33. The summed E-state index contributed by atoms with van der Waals surface area (Å²) in [4.78, 5) is 4.40. The molecule has 4 rings (SSSR count). The molecule has 0 saturated heterocycles. The van der Waals surface area contributed by atoms with E-state index in [1.165, 1.54) is 21.9 Å². The Morgan fingerprint density at radius 2 is 1.31 bits per heavy atom. The van der Waals surface area contributed by atoms with E-state index in [0.29, 0.717) is 9.52 Å². The minimum atomic E-state index is -0.338. The van der Waals surface area contributed by atoms with Gasteiger partial charge in [-0.15, -0.1) is 0 Å². The summed E-state index contributed by atoms with van der Waals surface area (Å²) < 4.78 is 2.26. The van der Waals surface area contributed by atoms with Crippen LogP contribution in [0.5, 0.6) is 0 Å². The maximum absolute atomic E-state index is 4.40. The van der Waals surface area contributed by atoms with Crippen LogP contribution in [0.1, 0.15) is 37.5 Å². The molecule has 3 aromatic carbocycles. The molecule has 1 aromatic heterocycles. The van der Waals surface area contributed by atoms with Gasteiger partial charge in [-0.2, -0.15) is 0 Å². The quantitative estimate of drug-likeness (QED) is 0.438. The van der Waals surface area contributed by atoms with Crippen LogP contribution in [0.2, 0.25) is 0 Å². The molecular weight excluding hydrogens is 368 g/mol. The van der Waals surface area contributed by atoms with Crippen molar-refractivity contribution < 1.29 is 0 Å². The van der Waals surface area contributed by atoms with Gasteiger partial charge in [0.15, 0.2) is 0 Å². The second-order valence-corrected chi connectivity index (χ2v) is 9.92. The Morgan fingerprint density at radius 1 is 0.724 bits per heavy atom. The van der Waals surface area contributed by atoms with Gasteiger partial charge in [0.1, 0.15) is 9.52 Å². The van der Waals surface area contributed by atoms with Crippen molar-refractivity contribution in [3.05, 3.63) is 120 Å². The summed E-state index contributed by atoms with van der Waals surface area (Å²) >= 11 is 0. The van der Waals surface area contributed by atoms with E-state index in [1.54, 1.807) is 0 Å². The highest BCUT2D eigenvalue weighted by molar-refractivity contribution is 6.57. The summed E-state index contributed by atoms with van der Waals surface area (Å²) in [5.41, 5.74) is 4.02. The molecule has 29 heavy (non-hydrogen) atoms. The van der Waals surface area contributed by atoms with Gasteiger partial charge in [-0.3, -0.25) is 0 Å². The van der Waals surface area contributed by atoms with Gasteiger partial charge in [-0.05, 0) is 22.1 Å². The molecule has 4 aromatic rings. The standard InChI is InChI=1S/C26H26N2Si/c1-25(2,3)23-15-10-16-24(19-23)29-26(28-18-17-27-20-28,21-11-6-4-7-12-21)22-13-8-5-9-14-22/h4-20H,1-3H3. The van der Waals surface area contributed by atoms with Gasteiger partial charge in [-0.1, -0.05) is 111 Å². The number of benzene rings is 3. The summed E-state index contributed by atoms with van der Waals surface area (Å²) in [5, 5.41) is 1.01. The van der Waals surface area contributed by atoms with Gasteiger partial charge in [0.2, 0.25) is 0 Å². The van der Waals surface area contributed by atoms with Crippen LogP contribution in [0.3, 0.4) is 0 Å². The molecular formula is C26H26N2Si. The van der Waals surface area contributed by atoms with Gasteiger partial charge in [-0.25, -0.2) is 4.98 Å². The summed E-state index contributed by atoms with van der Waals surface area (Å²) in [5.74, 6) is 0. The lowest BCUT2D eigenvalue weighted by Crippen LogP contribution is -2.47. The molecule has 0 bridgehead atoms. The largest absolute Gasteiger partial charge is 0.326 e. The number of rotatable bonds is 5. The third-order valence-corrected chi connectivity index (χ3v) is 7.13. The fourth-order valence-electron chi connectivity index (χ4n) is 3.76. The topological polar surface area (TPSA) is 17.8 Å². The van der Waals surface area contributed by atoms with E-state index in [9.17, 15) is 0 Å². The van der Waals surface area contributed by atoms with Crippen molar-refractivity contribution in [2.24, 2.45) is 0 Å². The zero-order valence-electron chi connectivity index (χ0n) is 17.2. The zero-order valence-corrected chi connectivity index (χ0v) is 18.2. The van der Waals surface area contributed by atoms with Crippen molar-refractivity contribution in [2.75, 3.05) is 0 Å². The molecule has 0 fully saturated rings.